The molecule has 0 aromatic heterocycles. The maximum atomic E-state index is 12.4. The molecule has 0 radical (unpaired) electrons. The van der Waals surface area contributed by atoms with Crippen molar-refractivity contribution in [2.45, 2.75) is 51.2 Å². The van der Waals surface area contributed by atoms with Crippen molar-refractivity contribution >= 4 is 23.6 Å². The molecule has 7 nitrogen and oxygen atoms in total. The average Bonchev–Trinajstić information content (AvgIpc) is 2.66. The van der Waals surface area contributed by atoms with E-state index in [1.807, 2.05) is 0 Å². The van der Waals surface area contributed by atoms with Crippen molar-refractivity contribution in [2.24, 2.45) is 0 Å². The maximum Gasteiger partial charge on any atom is 0.331 e. The van der Waals surface area contributed by atoms with Crippen LogP contribution >= 0.6 is 0 Å². The number of non-ortho nitro benzene ring substituents is 1. The smallest absolute Gasteiger partial charge is 0.331 e. The van der Waals surface area contributed by atoms with E-state index in [0.29, 0.717) is 5.56 Å². The molecule has 0 unspecified atom stereocenters. The van der Waals surface area contributed by atoms with E-state index in [2.05, 4.69) is 0 Å². The summed E-state index contributed by atoms with van der Waals surface area (Å²) in [5.41, 5.74) is 0.612. The number of ether oxygens (including phenoxy) is 1. The molecule has 26 heavy (non-hydrogen) atoms. The van der Waals surface area contributed by atoms with Crippen LogP contribution in [0.4, 0.5) is 5.69 Å². The van der Waals surface area contributed by atoms with E-state index in [1.165, 1.54) is 42.8 Å². The van der Waals surface area contributed by atoms with Crippen LogP contribution in [0.15, 0.2) is 30.3 Å². The zero-order chi connectivity index (χ0) is 19.1. The fourth-order valence-electron chi connectivity index (χ4n) is 3.07. The molecule has 1 atom stereocenters. The summed E-state index contributed by atoms with van der Waals surface area (Å²) in [4.78, 5) is 36.1. The molecule has 0 aliphatic heterocycles. The summed E-state index contributed by atoms with van der Waals surface area (Å²) in [6.45, 7) is 1.57. The Morgan fingerprint density at radius 1 is 1.23 bits per heavy atom. The van der Waals surface area contributed by atoms with Crippen LogP contribution in [0.2, 0.25) is 0 Å². The van der Waals surface area contributed by atoms with E-state index in [-0.39, 0.29) is 17.6 Å². The van der Waals surface area contributed by atoms with E-state index in [4.69, 9.17) is 4.74 Å². The predicted octanol–water partition coefficient (Wildman–Crippen LogP) is 3.33. The summed E-state index contributed by atoms with van der Waals surface area (Å²) >= 11 is 0. The summed E-state index contributed by atoms with van der Waals surface area (Å²) in [6, 6.07) is 6.00. The zero-order valence-electron chi connectivity index (χ0n) is 15.1. The molecule has 1 aromatic rings. The summed E-state index contributed by atoms with van der Waals surface area (Å²) in [6.07, 6.45) is 7.28. The van der Waals surface area contributed by atoms with Crippen molar-refractivity contribution in [3.05, 3.63) is 46.0 Å². The number of nitrogens with zero attached hydrogens (tertiary/aromatic N) is 2. The Hall–Kier alpha value is -2.70. The lowest BCUT2D eigenvalue weighted by atomic mass is 9.94. The highest BCUT2D eigenvalue weighted by Gasteiger charge is 2.27. The lowest BCUT2D eigenvalue weighted by Crippen LogP contribution is -2.44. The number of rotatable bonds is 6. The fraction of sp³-hybridized carbons (Fsp3) is 0.474. The monoisotopic (exact) mass is 360 g/mol. The third kappa shape index (κ3) is 5.40. The SMILES string of the molecule is C[C@H](OC(=O)/C=C/c1ccc([N+](=O)[O-])cc1)C(=O)N(C)C1CCCCC1. The fourth-order valence-corrected chi connectivity index (χ4v) is 3.07. The zero-order valence-corrected chi connectivity index (χ0v) is 15.1. The number of benzene rings is 1. The number of amides is 1. The molecule has 1 saturated carbocycles. The molecule has 0 heterocycles. The summed E-state index contributed by atoms with van der Waals surface area (Å²) < 4.78 is 5.18. The molecule has 1 amide bonds. The van der Waals surface area contributed by atoms with Gasteiger partial charge in [0.25, 0.3) is 11.6 Å². The molecule has 0 N–H and O–H groups in total. The van der Waals surface area contributed by atoms with Crippen molar-refractivity contribution < 1.29 is 19.2 Å². The van der Waals surface area contributed by atoms with Gasteiger partial charge < -0.3 is 9.64 Å². The van der Waals surface area contributed by atoms with E-state index < -0.39 is 17.0 Å². The van der Waals surface area contributed by atoms with Crippen molar-refractivity contribution in [3.63, 3.8) is 0 Å². The molecule has 2 rings (SSSR count). The summed E-state index contributed by atoms with van der Waals surface area (Å²) in [5, 5.41) is 10.6. The lowest BCUT2D eigenvalue weighted by Gasteiger charge is -2.32. The predicted molar refractivity (Wildman–Crippen MR) is 97.3 cm³/mol. The van der Waals surface area contributed by atoms with Crippen molar-refractivity contribution in [2.75, 3.05) is 7.05 Å². The Kier molecular flexibility index (Phi) is 6.89. The molecule has 0 saturated heterocycles. The van der Waals surface area contributed by atoms with Crippen LogP contribution in [0, 0.1) is 10.1 Å². The van der Waals surface area contributed by atoms with Gasteiger partial charge >= 0.3 is 5.97 Å². The minimum Gasteiger partial charge on any atom is -0.449 e. The topological polar surface area (TPSA) is 89.7 Å². The van der Waals surface area contributed by atoms with Gasteiger partial charge in [-0.05, 0) is 43.5 Å². The van der Waals surface area contributed by atoms with Crippen LogP contribution in [0.1, 0.15) is 44.6 Å². The number of carbonyl (C=O) groups excluding carboxylic acids is 2. The van der Waals surface area contributed by atoms with Crippen LogP contribution in [-0.4, -0.2) is 40.9 Å². The van der Waals surface area contributed by atoms with E-state index in [9.17, 15) is 19.7 Å². The number of esters is 1. The minimum absolute atomic E-state index is 0.0188. The summed E-state index contributed by atoms with van der Waals surface area (Å²) in [5.74, 6) is -0.824. The molecule has 1 aliphatic rings. The molecular formula is C19H24N2O5. The Labute approximate surface area is 152 Å². The first-order valence-electron chi connectivity index (χ1n) is 8.78. The maximum absolute atomic E-state index is 12.4. The lowest BCUT2D eigenvalue weighted by molar-refractivity contribution is -0.384. The molecular weight excluding hydrogens is 336 g/mol. The number of nitro benzene ring substituents is 1. The molecule has 140 valence electrons. The van der Waals surface area contributed by atoms with Crippen LogP contribution in [0.25, 0.3) is 6.08 Å². The van der Waals surface area contributed by atoms with Gasteiger partial charge in [0.05, 0.1) is 4.92 Å². The number of hydrogen-bond donors (Lipinski definition) is 0. The number of likely N-dealkylation sites (N-methyl/N-ethyl adjacent to an activating group) is 1. The van der Waals surface area contributed by atoms with Gasteiger partial charge in [-0.1, -0.05) is 19.3 Å². The first-order valence-corrected chi connectivity index (χ1v) is 8.78. The Balaban J connectivity index is 1.87. The van der Waals surface area contributed by atoms with Gasteiger partial charge in [0.1, 0.15) is 0 Å². The normalized spacial score (nSPS) is 16.2. The summed E-state index contributed by atoms with van der Waals surface area (Å²) in [7, 11) is 1.76. The largest absolute Gasteiger partial charge is 0.449 e. The van der Waals surface area contributed by atoms with E-state index >= 15 is 0 Å². The highest BCUT2D eigenvalue weighted by Crippen LogP contribution is 2.22. The standard InChI is InChI=1S/C19H24N2O5/c1-14(19(23)20(2)16-6-4-3-5-7-16)26-18(22)13-10-15-8-11-17(12-9-15)21(24)25/h8-14,16H,3-7H2,1-2H3/b13-10+/t14-/m0/s1. The second-order valence-electron chi connectivity index (χ2n) is 6.50. The van der Waals surface area contributed by atoms with Gasteiger partial charge in [0.2, 0.25) is 0 Å². The Morgan fingerprint density at radius 3 is 2.42 bits per heavy atom. The highest BCUT2D eigenvalue weighted by molar-refractivity contribution is 5.90. The second kappa shape index (κ2) is 9.12. The second-order valence-corrected chi connectivity index (χ2v) is 6.50. The molecule has 1 aromatic carbocycles. The first-order chi connectivity index (χ1) is 12.4. The van der Waals surface area contributed by atoms with Crippen LogP contribution in [0.5, 0.6) is 0 Å². The molecule has 0 spiro atoms. The van der Waals surface area contributed by atoms with Gasteiger partial charge in [0.15, 0.2) is 6.10 Å². The molecule has 1 aliphatic carbocycles. The van der Waals surface area contributed by atoms with Crippen molar-refractivity contribution in [3.8, 4) is 0 Å². The van der Waals surface area contributed by atoms with Crippen LogP contribution in [0.3, 0.4) is 0 Å². The Morgan fingerprint density at radius 2 is 1.85 bits per heavy atom. The van der Waals surface area contributed by atoms with E-state index in [1.54, 1.807) is 18.9 Å². The average molecular weight is 360 g/mol. The first kappa shape index (κ1) is 19.6. The number of hydrogen-bond acceptors (Lipinski definition) is 5. The molecule has 1 fully saturated rings. The van der Waals surface area contributed by atoms with Crippen LogP contribution < -0.4 is 0 Å². The highest BCUT2D eigenvalue weighted by atomic mass is 16.6. The van der Waals surface area contributed by atoms with Gasteiger partial charge in [-0.2, -0.15) is 0 Å². The van der Waals surface area contributed by atoms with Crippen molar-refractivity contribution in [1.29, 1.82) is 0 Å². The number of nitro groups is 1. The number of carbonyl (C=O) groups is 2. The van der Waals surface area contributed by atoms with Crippen molar-refractivity contribution in [1.82, 2.24) is 4.90 Å². The quantitative estimate of drug-likeness (QED) is 0.336. The molecule has 7 heteroatoms. The van der Waals surface area contributed by atoms with Gasteiger partial charge in [0, 0.05) is 31.3 Å². The van der Waals surface area contributed by atoms with Gasteiger partial charge in [-0.25, -0.2) is 4.79 Å². The third-order valence-electron chi connectivity index (χ3n) is 4.63. The van der Waals surface area contributed by atoms with Gasteiger partial charge in [-0.3, -0.25) is 14.9 Å². The third-order valence-corrected chi connectivity index (χ3v) is 4.63. The molecule has 0 bridgehead atoms. The Bertz CT molecular complexity index is 678. The van der Waals surface area contributed by atoms with Crippen LogP contribution in [-0.2, 0) is 14.3 Å². The van der Waals surface area contributed by atoms with Gasteiger partial charge in [-0.15, -0.1) is 0 Å². The van der Waals surface area contributed by atoms with E-state index in [0.717, 1.165) is 25.7 Å². The minimum atomic E-state index is -0.851.